The van der Waals surface area contributed by atoms with Crippen LogP contribution in [0.3, 0.4) is 0 Å². The lowest BCUT2D eigenvalue weighted by Crippen LogP contribution is -2.20. The van der Waals surface area contributed by atoms with Crippen LogP contribution >= 0.6 is 15.9 Å². The summed E-state index contributed by atoms with van der Waals surface area (Å²) in [5.74, 6) is 0.960. The summed E-state index contributed by atoms with van der Waals surface area (Å²) < 4.78 is 27.4. The van der Waals surface area contributed by atoms with Gasteiger partial charge in [-0.15, -0.1) is 0 Å². The average molecular weight is 568 g/mol. The molecule has 0 spiro atoms. The molecule has 0 aliphatic carbocycles. The Kier molecular flexibility index (Phi) is 6.31. The molecule has 0 atom stereocenters. The first-order valence-corrected chi connectivity index (χ1v) is 12.6. The van der Waals surface area contributed by atoms with E-state index in [-0.39, 0.29) is 23.8 Å². The maximum Gasteiger partial charge on any atom is 0.282 e. The van der Waals surface area contributed by atoms with E-state index in [1.165, 1.54) is 16.8 Å². The lowest BCUT2D eigenvalue weighted by molar-refractivity contribution is 0.305. The number of hydrogen-bond acceptors (Lipinski definition) is 5. The van der Waals surface area contributed by atoms with Crippen molar-refractivity contribution in [2.75, 3.05) is 0 Å². The van der Waals surface area contributed by atoms with E-state index in [0.717, 1.165) is 15.4 Å². The summed E-state index contributed by atoms with van der Waals surface area (Å²) in [6, 6.07) is 28.1. The number of halogens is 2. The van der Waals surface area contributed by atoms with Crippen LogP contribution in [0.4, 0.5) is 4.39 Å². The van der Waals surface area contributed by atoms with Crippen molar-refractivity contribution < 1.29 is 13.5 Å². The zero-order chi connectivity index (χ0) is 26.1. The summed E-state index contributed by atoms with van der Waals surface area (Å²) in [5.41, 5.74) is 2.37. The topological polar surface area (TPSA) is 69.6 Å². The van der Waals surface area contributed by atoms with E-state index in [0.29, 0.717) is 33.6 Å². The summed E-state index contributed by atoms with van der Waals surface area (Å²) in [5, 5.41) is 5.84. The van der Waals surface area contributed by atoms with E-state index >= 15 is 0 Å². The molecular weight excluding hydrogens is 549 g/mol. The summed E-state index contributed by atoms with van der Waals surface area (Å²) in [4.78, 5) is 18.3. The van der Waals surface area contributed by atoms with Gasteiger partial charge in [0, 0.05) is 15.4 Å². The Morgan fingerprint density at radius 2 is 1.76 bits per heavy atom. The molecule has 0 radical (unpaired) electrons. The quantitative estimate of drug-likeness (QED) is 0.200. The molecule has 4 aromatic carbocycles. The molecule has 8 heteroatoms. The third kappa shape index (κ3) is 4.73. The molecule has 0 bridgehead atoms. The second kappa shape index (κ2) is 10.1. The van der Waals surface area contributed by atoms with Gasteiger partial charge in [0.2, 0.25) is 5.82 Å². The molecule has 0 saturated carbocycles. The molecule has 2 aromatic heterocycles. The zero-order valence-electron chi connectivity index (χ0n) is 19.8. The highest BCUT2D eigenvalue weighted by Gasteiger charge is 2.17. The van der Waals surface area contributed by atoms with Gasteiger partial charge in [0.05, 0.1) is 17.1 Å². The maximum atomic E-state index is 13.5. The second-order valence-electron chi connectivity index (χ2n) is 8.56. The fraction of sp³-hybridized carbons (Fsp3) is 0.0333. The average Bonchev–Trinajstić information content (AvgIpc) is 3.36. The summed E-state index contributed by atoms with van der Waals surface area (Å²) in [7, 11) is 0. The third-order valence-corrected chi connectivity index (χ3v) is 6.48. The summed E-state index contributed by atoms with van der Waals surface area (Å²) >= 11 is 3.48. The first kappa shape index (κ1) is 23.8. The van der Waals surface area contributed by atoms with Gasteiger partial charge < -0.3 is 9.15 Å². The molecule has 0 amide bonds. The van der Waals surface area contributed by atoms with Crippen LogP contribution in [0.25, 0.3) is 33.5 Å². The van der Waals surface area contributed by atoms with Crippen molar-refractivity contribution in [3.05, 3.63) is 129 Å². The monoisotopic (exact) mass is 567 g/mol. The highest BCUT2D eigenvalue weighted by Crippen LogP contribution is 2.29. The van der Waals surface area contributed by atoms with E-state index < -0.39 is 0 Å². The van der Waals surface area contributed by atoms with Gasteiger partial charge in [0.1, 0.15) is 23.8 Å². The molecule has 0 aliphatic rings. The van der Waals surface area contributed by atoms with Crippen molar-refractivity contribution in [3.8, 4) is 17.3 Å². The fourth-order valence-electron chi connectivity index (χ4n) is 4.10. The normalized spacial score (nSPS) is 11.5. The molecule has 6 nitrogen and oxygen atoms in total. The molecular formula is C30H19BrFN3O3. The molecule has 0 unspecified atom stereocenters. The van der Waals surface area contributed by atoms with Crippen LogP contribution in [0, 0.1) is 5.82 Å². The third-order valence-electron chi connectivity index (χ3n) is 5.99. The van der Waals surface area contributed by atoms with Gasteiger partial charge in [0.15, 0.2) is 5.76 Å². The smallest absolute Gasteiger partial charge is 0.282 e. The van der Waals surface area contributed by atoms with E-state index in [4.69, 9.17) is 14.1 Å². The van der Waals surface area contributed by atoms with Crippen LogP contribution in [0.15, 0.2) is 116 Å². The fourth-order valence-corrected chi connectivity index (χ4v) is 4.47. The largest absolute Gasteiger partial charge is 0.488 e. The van der Waals surface area contributed by atoms with Crippen molar-refractivity contribution in [1.29, 1.82) is 0 Å². The first-order chi connectivity index (χ1) is 18.5. The lowest BCUT2D eigenvalue weighted by Gasteiger charge is -2.10. The van der Waals surface area contributed by atoms with Gasteiger partial charge >= 0.3 is 0 Å². The minimum atomic E-state index is -0.326. The Morgan fingerprint density at radius 3 is 2.63 bits per heavy atom. The van der Waals surface area contributed by atoms with Crippen LogP contribution in [0.5, 0.6) is 5.75 Å². The van der Waals surface area contributed by atoms with Crippen molar-refractivity contribution >= 4 is 44.0 Å². The number of para-hydroxylation sites is 2. The van der Waals surface area contributed by atoms with Crippen molar-refractivity contribution in [2.45, 2.75) is 6.61 Å². The van der Waals surface area contributed by atoms with Crippen molar-refractivity contribution in [2.24, 2.45) is 5.10 Å². The van der Waals surface area contributed by atoms with Crippen LogP contribution in [0.1, 0.15) is 11.1 Å². The van der Waals surface area contributed by atoms with Gasteiger partial charge in [-0.05, 0) is 66.2 Å². The molecule has 186 valence electrons. The molecule has 0 fully saturated rings. The van der Waals surface area contributed by atoms with Crippen LogP contribution in [-0.2, 0) is 6.61 Å². The minimum absolute atomic E-state index is 0.252. The molecule has 0 N–H and O–H groups in total. The lowest BCUT2D eigenvalue weighted by atomic mass is 10.2. The standard InChI is InChI=1S/C30H19BrFN3O3/c31-22-11-14-27-21(15-22)16-28(38-27)29-34-25-7-3-2-6-24(25)30(36)35(29)33-17-20-5-1-4-8-26(20)37-18-19-9-12-23(32)13-10-19/h1-17H,18H2. The summed E-state index contributed by atoms with van der Waals surface area (Å²) in [6.45, 7) is 0.252. The van der Waals surface area contributed by atoms with E-state index in [2.05, 4.69) is 21.0 Å². The number of nitrogens with zero attached hydrogens (tertiary/aromatic N) is 3. The second-order valence-corrected chi connectivity index (χ2v) is 9.48. The minimum Gasteiger partial charge on any atom is -0.488 e. The SMILES string of the molecule is O=c1c2ccccc2nc(-c2cc3cc(Br)ccc3o2)n1N=Cc1ccccc1OCc1ccc(F)cc1. The van der Waals surface area contributed by atoms with Gasteiger partial charge in [0.25, 0.3) is 5.56 Å². The Balaban J connectivity index is 1.42. The zero-order valence-corrected chi connectivity index (χ0v) is 21.4. The van der Waals surface area contributed by atoms with Crippen molar-refractivity contribution in [3.63, 3.8) is 0 Å². The van der Waals surface area contributed by atoms with Gasteiger partial charge in [-0.3, -0.25) is 4.79 Å². The number of fused-ring (bicyclic) bond motifs is 2. The number of hydrogen-bond donors (Lipinski definition) is 0. The number of aromatic nitrogens is 2. The van der Waals surface area contributed by atoms with Crippen LogP contribution in [0.2, 0.25) is 0 Å². The van der Waals surface area contributed by atoms with Gasteiger partial charge in [-0.2, -0.15) is 9.78 Å². The molecule has 6 aromatic rings. The Morgan fingerprint density at radius 1 is 0.974 bits per heavy atom. The highest BCUT2D eigenvalue weighted by molar-refractivity contribution is 9.10. The van der Waals surface area contributed by atoms with Gasteiger partial charge in [-0.1, -0.05) is 52.3 Å². The maximum absolute atomic E-state index is 13.5. The van der Waals surface area contributed by atoms with E-state index in [1.54, 1.807) is 36.5 Å². The Labute approximate surface area is 224 Å². The Hall–Kier alpha value is -4.56. The predicted molar refractivity (Wildman–Crippen MR) is 149 cm³/mol. The van der Waals surface area contributed by atoms with E-state index in [9.17, 15) is 9.18 Å². The number of furan rings is 1. The molecule has 0 saturated heterocycles. The number of rotatable bonds is 6. The van der Waals surface area contributed by atoms with Crippen molar-refractivity contribution in [1.82, 2.24) is 9.66 Å². The predicted octanol–water partition coefficient (Wildman–Crippen LogP) is 7.17. The van der Waals surface area contributed by atoms with Gasteiger partial charge in [-0.25, -0.2) is 9.37 Å². The number of benzene rings is 4. The molecule has 0 aliphatic heterocycles. The first-order valence-electron chi connectivity index (χ1n) is 11.8. The molecule has 6 rings (SSSR count). The van der Waals surface area contributed by atoms with Crippen LogP contribution in [-0.4, -0.2) is 15.9 Å². The molecule has 38 heavy (non-hydrogen) atoms. The number of ether oxygens (including phenoxy) is 1. The summed E-state index contributed by atoms with van der Waals surface area (Å²) in [6.07, 6.45) is 1.56. The van der Waals surface area contributed by atoms with Crippen LogP contribution < -0.4 is 10.3 Å². The highest BCUT2D eigenvalue weighted by atomic mass is 79.9. The Bertz CT molecular complexity index is 1880. The van der Waals surface area contributed by atoms with E-state index in [1.807, 2.05) is 54.6 Å². The molecule has 2 heterocycles.